The minimum Gasteiger partial charge on any atom is -0.493 e. The average molecular weight is 390 g/mol. The van der Waals surface area contributed by atoms with E-state index in [-0.39, 0.29) is 0 Å². The molecule has 2 aliphatic rings. The molecule has 3 heterocycles. The van der Waals surface area contributed by atoms with Gasteiger partial charge in [0, 0.05) is 43.1 Å². The van der Waals surface area contributed by atoms with Crippen molar-refractivity contribution in [3.8, 4) is 17.1 Å². The Labute approximate surface area is 170 Å². The van der Waals surface area contributed by atoms with Crippen molar-refractivity contribution in [1.82, 2.24) is 20.8 Å². The highest BCUT2D eigenvalue weighted by Gasteiger charge is 2.27. The number of benzene rings is 2. The lowest BCUT2D eigenvalue weighted by Gasteiger charge is -2.34. The van der Waals surface area contributed by atoms with Crippen molar-refractivity contribution < 1.29 is 9.26 Å². The third kappa shape index (κ3) is 3.78. The largest absolute Gasteiger partial charge is 0.493 e. The van der Waals surface area contributed by atoms with Crippen molar-refractivity contribution in [2.45, 2.75) is 44.8 Å². The van der Waals surface area contributed by atoms with Gasteiger partial charge in [0.15, 0.2) is 0 Å². The van der Waals surface area contributed by atoms with Gasteiger partial charge in [-0.2, -0.15) is 4.98 Å². The number of hydrogen-bond donors (Lipinski definition) is 2. The molecule has 150 valence electrons. The average Bonchev–Trinajstić information content (AvgIpc) is 3.41. The minimum atomic E-state index is 0.321. The first-order chi connectivity index (χ1) is 14.3. The molecule has 0 radical (unpaired) electrons. The van der Waals surface area contributed by atoms with E-state index in [9.17, 15) is 0 Å². The van der Waals surface area contributed by atoms with E-state index in [4.69, 9.17) is 9.26 Å². The molecule has 2 aliphatic heterocycles. The van der Waals surface area contributed by atoms with Crippen LogP contribution in [0.2, 0.25) is 0 Å². The fourth-order valence-corrected chi connectivity index (χ4v) is 4.43. The Balaban J connectivity index is 1.39. The summed E-state index contributed by atoms with van der Waals surface area (Å²) in [5, 5.41) is 11.6. The van der Waals surface area contributed by atoms with Gasteiger partial charge >= 0.3 is 0 Å². The molecule has 0 saturated carbocycles. The van der Waals surface area contributed by atoms with E-state index in [2.05, 4.69) is 63.2 Å². The van der Waals surface area contributed by atoms with Gasteiger partial charge in [0.05, 0.1) is 6.61 Å². The second-order valence-corrected chi connectivity index (χ2v) is 7.83. The molecule has 6 nitrogen and oxygen atoms in total. The summed E-state index contributed by atoms with van der Waals surface area (Å²) < 4.78 is 11.1. The topological polar surface area (TPSA) is 72.2 Å². The quantitative estimate of drug-likeness (QED) is 0.694. The Bertz CT molecular complexity index is 986. The first-order valence-electron chi connectivity index (χ1n) is 10.4. The summed E-state index contributed by atoms with van der Waals surface area (Å²) in [7, 11) is 0. The molecule has 2 aromatic carbocycles. The van der Waals surface area contributed by atoms with E-state index >= 15 is 0 Å². The molecule has 0 bridgehead atoms. The van der Waals surface area contributed by atoms with Gasteiger partial charge in [0.2, 0.25) is 11.7 Å². The van der Waals surface area contributed by atoms with Crippen molar-refractivity contribution in [2.24, 2.45) is 0 Å². The summed E-state index contributed by atoms with van der Waals surface area (Å²) in [4.78, 5) is 4.40. The standard InChI is InChI=1S/C23H26N4O2/c1-15-26-23(27-29-15)18-12-17-9-11-28-22(17)19(13-18)14-25-20-8-5-10-24-21(20)16-6-3-2-4-7-16/h2-4,6-7,12-13,20-21,24-25H,5,8-11,14H2,1H3/t20-,21-/m0/s1. The highest BCUT2D eigenvalue weighted by atomic mass is 16.5. The third-order valence-corrected chi connectivity index (χ3v) is 5.82. The molecule has 29 heavy (non-hydrogen) atoms. The van der Waals surface area contributed by atoms with Crippen LogP contribution in [0.4, 0.5) is 0 Å². The van der Waals surface area contributed by atoms with Crippen LogP contribution in [-0.4, -0.2) is 29.3 Å². The number of aryl methyl sites for hydroxylation is 1. The van der Waals surface area contributed by atoms with Crippen molar-refractivity contribution >= 4 is 0 Å². The Morgan fingerprint density at radius 2 is 2.10 bits per heavy atom. The molecule has 5 rings (SSSR count). The molecule has 3 aromatic rings. The molecule has 0 aliphatic carbocycles. The van der Waals surface area contributed by atoms with Crippen LogP contribution in [0.15, 0.2) is 47.0 Å². The Kier molecular flexibility index (Phi) is 5.04. The summed E-state index contributed by atoms with van der Waals surface area (Å²) in [6.07, 6.45) is 3.25. The van der Waals surface area contributed by atoms with Crippen molar-refractivity contribution in [2.75, 3.05) is 13.2 Å². The van der Waals surface area contributed by atoms with Crippen LogP contribution < -0.4 is 15.4 Å². The zero-order chi connectivity index (χ0) is 19.6. The van der Waals surface area contributed by atoms with Crippen molar-refractivity contribution in [3.63, 3.8) is 0 Å². The maximum atomic E-state index is 5.96. The highest BCUT2D eigenvalue weighted by molar-refractivity contribution is 5.62. The van der Waals surface area contributed by atoms with Gasteiger partial charge in [-0.25, -0.2) is 0 Å². The van der Waals surface area contributed by atoms with Crippen LogP contribution in [0.25, 0.3) is 11.4 Å². The van der Waals surface area contributed by atoms with Crippen LogP contribution in [0, 0.1) is 6.92 Å². The van der Waals surface area contributed by atoms with Gasteiger partial charge < -0.3 is 19.9 Å². The van der Waals surface area contributed by atoms with Gasteiger partial charge in [0.1, 0.15) is 5.75 Å². The molecule has 2 atom stereocenters. The van der Waals surface area contributed by atoms with Crippen LogP contribution in [0.5, 0.6) is 5.75 Å². The van der Waals surface area contributed by atoms with Gasteiger partial charge in [-0.3, -0.25) is 0 Å². The highest BCUT2D eigenvalue weighted by Crippen LogP contribution is 2.34. The van der Waals surface area contributed by atoms with E-state index in [0.717, 1.165) is 49.4 Å². The molecule has 0 unspecified atom stereocenters. The third-order valence-electron chi connectivity index (χ3n) is 5.82. The molecule has 0 amide bonds. The zero-order valence-electron chi connectivity index (χ0n) is 16.6. The smallest absolute Gasteiger partial charge is 0.223 e. The molecule has 0 spiro atoms. The van der Waals surface area contributed by atoms with E-state index in [1.165, 1.54) is 17.5 Å². The van der Waals surface area contributed by atoms with Crippen LogP contribution in [0.3, 0.4) is 0 Å². The summed E-state index contributed by atoms with van der Waals surface area (Å²) in [5.41, 5.74) is 4.71. The Morgan fingerprint density at radius 3 is 2.93 bits per heavy atom. The van der Waals surface area contributed by atoms with Crippen molar-refractivity contribution in [1.29, 1.82) is 0 Å². The lowest BCUT2D eigenvalue weighted by Crippen LogP contribution is -2.45. The van der Waals surface area contributed by atoms with Gasteiger partial charge in [-0.1, -0.05) is 35.5 Å². The van der Waals surface area contributed by atoms with Crippen molar-refractivity contribution in [3.05, 3.63) is 65.0 Å². The SMILES string of the molecule is Cc1nc(-c2cc3c(c(CN[C@H]4CCCN[C@H]4c4ccccc4)c2)OCC3)no1. The van der Waals surface area contributed by atoms with E-state index < -0.39 is 0 Å². The zero-order valence-corrected chi connectivity index (χ0v) is 16.6. The molecule has 2 N–H and O–H groups in total. The van der Waals surface area contributed by atoms with E-state index in [1.807, 2.05) is 6.92 Å². The number of nitrogens with zero attached hydrogens (tertiary/aromatic N) is 2. The first-order valence-corrected chi connectivity index (χ1v) is 10.4. The van der Waals surface area contributed by atoms with Gasteiger partial charge in [-0.05, 0) is 42.6 Å². The summed E-state index contributed by atoms with van der Waals surface area (Å²) in [5.74, 6) is 2.23. The molecular formula is C23H26N4O2. The lowest BCUT2D eigenvalue weighted by molar-refractivity contribution is 0.301. The minimum absolute atomic E-state index is 0.321. The summed E-state index contributed by atoms with van der Waals surface area (Å²) in [6.45, 7) is 4.36. The predicted molar refractivity (Wildman–Crippen MR) is 111 cm³/mol. The molecule has 1 fully saturated rings. The van der Waals surface area contributed by atoms with Gasteiger partial charge in [-0.15, -0.1) is 0 Å². The van der Waals surface area contributed by atoms with Crippen LogP contribution in [-0.2, 0) is 13.0 Å². The number of aromatic nitrogens is 2. The lowest BCUT2D eigenvalue weighted by atomic mass is 9.92. The number of fused-ring (bicyclic) bond motifs is 1. The summed E-state index contributed by atoms with van der Waals surface area (Å²) >= 11 is 0. The van der Waals surface area contributed by atoms with Gasteiger partial charge in [0.25, 0.3) is 0 Å². The molecule has 1 saturated heterocycles. The fourth-order valence-electron chi connectivity index (χ4n) is 4.43. The molecular weight excluding hydrogens is 364 g/mol. The maximum Gasteiger partial charge on any atom is 0.223 e. The van der Waals surface area contributed by atoms with E-state index in [0.29, 0.717) is 23.8 Å². The Morgan fingerprint density at radius 1 is 1.21 bits per heavy atom. The number of nitrogens with one attached hydrogen (secondary N) is 2. The van der Waals surface area contributed by atoms with E-state index in [1.54, 1.807) is 0 Å². The second-order valence-electron chi connectivity index (χ2n) is 7.83. The number of ether oxygens (including phenoxy) is 1. The number of piperidine rings is 1. The fraction of sp³-hybridized carbons (Fsp3) is 0.391. The predicted octanol–water partition coefficient (Wildman–Crippen LogP) is 3.56. The number of hydrogen-bond acceptors (Lipinski definition) is 6. The Hall–Kier alpha value is -2.70. The monoisotopic (exact) mass is 390 g/mol. The molecule has 1 aromatic heterocycles. The normalized spacial score (nSPS) is 21.0. The van der Waals surface area contributed by atoms with Crippen LogP contribution in [0.1, 0.15) is 41.5 Å². The number of rotatable bonds is 5. The first kappa shape index (κ1) is 18.3. The van der Waals surface area contributed by atoms with Crippen LogP contribution >= 0.6 is 0 Å². The maximum absolute atomic E-state index is 5.96. The molecule has 6 heteroatoms. The summed E-state index contributed by atoms with van der Waals surface area (Å²) in [6, 6.07) is 15.7. The second kappa shape index (κ2) is 7.97.